The van der Waals surface area contributed by atoms with Gasteiger partial charge in [-0.15, -0.1) is 0 Å². The summed E-state index contributed by atoms with van der Waals surface area (Å²) < 4.78 is 6.97. The number of nitrogens with zero attached hydrogens (tertiary/aromatic N) is 3. The van der Waals surface area contributed by atoms with E-state index in [1.54, 1.807) is 20.0 Å². The standard InChI is InChI=1S/C17H19N3O2/c1-4-22-16(21)17(2,18-3)12-15-19-10-11-20(15)13-14-8-6-5-7-9-14/h5-11H,4,12-13H2,1-2H3. The molecule has 0 radical (unpaired) electrons. The molecule has 2 aromatic rings. The number of imidazole rings is 1. The molecule has 0 saturated heterocycles. The monoisotopic (exact) mass is 297 g/mol. The first-order valence-corrected chi connectivity index (χ1v) is 7.19. The summed E-state index contributed by atoms with van der Waals surface area (Å²) in [6.45, 7) is 11.6. The number of hydrogen-bond acceptors (Lipinski definition) is 3. The Morgan fingerprint density at radius 3 is 2.77 bits per heavy atom. The normalized spacial score (nSPS) is 13.1. The molecule has 114 valence electrons. The van der Waals surface area contributed by atoms with Crippen LogP contribution in [0.4, 0.5) is 0 Å². The molecule has 5 heteroatoms. The molecule has 1 unspecified atom stereocenters. The number of carbonyl (C=O) groups is 1. The maximum atomic E-state index is 12.0. The van der Waals surface area contributed by atoms with Gasteiger partial charge in [0.1, 0.15) is 5.82 Å². The van der Waals surface area contributed by atoms with Crippen LogP contribution in [0.3, 0.4) is 0 Å². The molecule has 0 aliphatic heterocycles. The van der Waals surface area contributed by atoms with E-state index in [0.29, 0.717) is 12.4 Å². The van der Waals surface area contributed by atoms with Crippen molar-refractivity contribution in [3.63, 3.8) is 0 Å². The van der Waals surface area contributed by atoms with Crippen LogP contribution in [0, 0.1) is 6.57 Å². The van der Waals surface area contributed by atoms with Gasteiger partial charge in [-0.1, -0.05) is 30.3 Å². The van der Waals surface area contributed by atoms with Crippen molar-refractivity contribution < 1.29 is 9.53 Å². The summed E-state index contributed by atoms with van der Waals surface area (Å²) in [5, 5.41) is 0. The minimum atomic E-state index is -1.24. The lowest BCUT2D eigenvalue weighted by Crippen LogP contribution is -2.37. The molecule has 1 aromatic heterocycles. The van der Waals surface area contributed by atoms with Gasteiger partial charge in [0.15, 0.2) is 0 Å². The molecule has 0 aliphatic rings. The molecule has 0 N–H and O–H groups in total. The van der Waals surface area contributed by atoms with Crippen LogP contribution in [-0.4, -0.2) is 27.7 Å². The van der Waals surface area contributed by atoms with Gasteiger partial charge < -0.3 is 9.30 Å². The highest BCUT2D eigenvalue weighted by molar-refractivity contribution is 5.82. The van der Waals surface area contributed by atoms with Crippen LogP contribution in [-0.2, 0) is 22.5 Å². The van der Waals surface area contributed by atoms with E-state index in [-0.39, 0.29) is 13.0 Å². The van der Waals surface area contributed by atoms with Gasteiger partial charge in [-0.25, -0.2) is 16.4 Å². The van der Waals surface area contributed by atoms with Crippen molar-refractivity contribution in [2.24, 2.45) is 0 Å². The Morgan fingerprint density at radius 1 is 1.41 bits per heavy atom. The maximum absolute atomic E-state index is 12.0. The molecule has 1 atom stereocenters. The Morgan fingerprint density at radius 2 is 2.14 bits per heavy atom. The lowest BCUT2D eigenvalue weighted by atomic mass is 9.98. The Kier molecular flexibility index (Phi) is 4.95. The van der Waals surface area contributed by atoms with Gasteiger partial charge in [0.2, 0.25) is 0 Å². The zero-order valence-electron chi connectivity index (χ0n) is 12.8. The van der Waals surface area contributed by atoms with E-state index in [4.69, 9.17) is 11.3 Å². The fourth-order valence-corrected chi connectivity index (χ4v) is 2.18. The first-order valence-electron chi connectivity index (χ1n) is 7.19. The summed E-state index contributed by atoms with van der Waals surface area (Å²) in [7, 11) is 0. The third-order valence-electron chi connectivity index (χ3n) is 3.46. The average Bonchev–Trinajstić information content (AvgIpc) is 2.95. The van der Waals surface area contributed by atoms with Crippen LogP contribution in [0.25, 0.3) is 4.85 Å². The minimum absolute atomic E-state index is 0.231. The van der Waals surface area contributed by atoms with Crippen molar-refractivity contribution in [3.05, 3.63) is 65.5 Å². The molecular weight excluding hydrogens is 278 g/mol. The Bertz CT molecular complexity index is 673. The topological polar surface area (TPSA) is 48.5 Å². The van der Waals surface area contributed by atoms with E-state index in [2.05, 4.69) is 9.83 Å². The average molecular weight is 297 g/mol. The molecule has 0 spiro atoms. The third kappa shape index (κ3) is 3.53. The van der Waals surface area contributed by atoms with E-state index in [0.717, 1.165) is 5.56 Å². The first kappa shape index (κ1) is 15.8. The highest BCUT2D eigenvalue weighted by atomic mass is 16.5. The number of rotatable bonds is 6. The quantitative estimate of drug-likeness (QED) is 0.608. The van der Waals surface area contributed by atoms with Crippen LogP contribution in [0.1, 0.15) is 25.2 Å². The summed E-state index contributed by atoms with van der Waals surface area (Å²) in [6.07, 6.45) is 3.78. The van der Waals surface area contributed by atoms with Gasteiger partial charge in [0.25, 0.3) is 0 Å². The van der Waals surface area contributed by atoms with Crippen molar-refractivity contribution in [2.75, 3.05) is 6.61 Å². The molecule has 0 amide bonds. The van der Waals surface area contributed by atoms with Gasteiger partial charge in [-0.05, 0) is 12.5 Å². The number of benzene rings is 1. The molecule has 22 heavy (non-hydrogen) atoms. The third-order valence-corrected chi connectivity index (χ3v) is 3.46. The summed E-state index contributed by atoms with van der Waals surface area (Å²) >= 11 is 0. The van der Waals surface area contributed by atoms with E-state index in [1.165, 1.54) is 0 Å². The lowest BCUT2D eigenvalue weighted by molar-refractivity contribution is -0.147. The summed E-state index contributed by atoms with van der Waals surface area (Å²) in [4.78, 5) is 19.8. The largest absolute Gasteiger partial charge is 0.460 e. The molecule has 5 nitrogen and oxygen atoms in total. The molecule has 1 aromatic carbocycles. The molecule has 0 aliphatic carbocycles. The van der Waals surface area contributed by atoms with Gasteiger partial charge >= 0.3 is 11.5 Å². The predicted molar refractivity (Wildman–Crippen MR) is 83.1 cm³/mol. The molecule has 0 fully saturated rings. The number of ether oxygens (including phenoxy) is 1. The van der Waals surface area contributed by atoms with Crippen LogP contribution >= 0.6 is 0 Å². The maximum Gasteiger partial charge on any atom is 0.393 e. The summed E-state index contributed by atoms with van der Waals surface area (Å²) in [6, 6.07) is 9.99. The fraction of sp³-hybridized carbons (Fsp3) is 0.353. The van der Waals surface area contributed by atoms with Gasteiger partial charge in [-0.2, -0.15) is 0 Å². The molecule has 1 heterocycles. The van der Waals surface area contributed by atoms with Crippen LogP contribution in [0.5, 0.6) is 0 Å². The van der Waals surface area contributed by atoms with Crippen LogP contribution in [0.15, 0.2) is 42.7 Å². The van der Waals surface area contributed by atoms with E-state index < -0.39 is 11.5 Å². The molecule has 0 bridgehead atoms. The van der Waals surface area contributed by atoms with Gasteiger partial charge in [0.05, 0.1) is 13.0 Å². The smallest absolute Gasteiger partial charge is 0.393 e. The molecule has 0 saturated carbocycles. The second-order valence-corrected chi connectivity index (χ2v) is 5.24. The van der Waals surface area contributed by atoms with Crippen molar-refractivity contribution in [3.8, 4) is 0 Å². The van der Waals surface area contributed by atoms with Crippen molar-refractivity contribution in [1.29, 1.82) is 0 Å². The Hall–Kier alpha value is -2.61. The predicted octanol–water partition coefficient (Wildman–Crippen LogP) is 2.71. The lowest BCUT2D eigenvalue weighted by Gasteiger charge is -2.16. The zero-order chi connectivity index (χ0) is 16.0. The SMILES string of the molecule is [C-]#[N+]C(C)(Cc1nccn1Cc1ccccc1)C(=O)OCC. The number of hydrogen-bond donors (Lipinski definition) is 0. The van der Waals surface area contributed by atoms with Gasteiger partial charge in [-0.3, -0.25) is 4.85 Å². The second-order valence-electron chi connectivity index (χ2n) is 5.24. The summed E-state index contributed by atoms with van der Waals surface area (Å²) in [5.74, 6) is 0.203. The highest BCUT2D eigenvalue weighted by Gasteiger charge is 2.43. The van der Waals surface area contributed by atoms with Crippen LogP contribution in [0.2, 0.25) is 0 Å². The first-order chi connectivity index (χ1) is 10.6. The van der Waals surface area contributed by atoms with Crippen molar-refractivity contribution >= 4 is 5.97 Å². The van der Waals surface area contributed by atoms with E-state index in [1.807, 2.05) is 41.1 Å². The number of aromatic nitrogens is 2. The van der Waals surface area contributed by atoms with Crippen LogP contribution < -0.4 is 0 Å². The second kappa shape index (κ2) is 6.90. The fourth-order valence-electron chi connectivity index (χ4n) is 2.18. The molecular formula is C17H19N3O2. The zero-order valence-corrected chi connectivity index (χ0v) is 12.8. The van der Waals surface area contributed by atoms with Crippen molar-refractivity contribution in [2.45, 2.75) is 32.4 Å². The van der Waals surface area contributed by atoms with Gasteiger partial charge in [0, 0.05) is 25.9 Å². The van der Waals surface area contributed by atoms with E-state index in [9.17, 15) is 4.79 Å². The minimum Gasteiger partial charge on any atom is -0.460 e. The summed E-state index contributed by atoms with van der Waals surface area (Å²) in [5.41, 5.74) is -0.0992. The van der Waals surface area contributed by atoms with Crippen molar-refractivity contribution in [1.82, 2.24) is 9.55 Å². The highest BCUT2D eigenvalue weighted by Crippen LogP contribution is 2.19. The Labute approximate surface area is 130 Å². The molecule has 2 rings (SSSR count). The number of esters is 1. The Balaban J connectivity index is 2.19. The number of carbonyl (C=O) groups excluding carboxylic acids is 1. The van der Waals surface area contributed by atoms with E-state index >= 15 is 0 Å².